The lowest BCUT2D eigenvalue weighted by atomic mass is 10.2. The molecule has 1 atom stereocenters. The van der Waals surface area contributed by atoms with Gasteiger partial charge in [-0.05, 0) is 24.3 Å². The molecule has 0 bridgehead atoms. The average Bonchev–Trinajstić information content (AvgIpc) is 2.26. The zero-order valence-corrected chi connectivity index (χ0v) is 8.28. The minimum atomic E-state index is -0.664. The quantitative estimate of drug-likeness (QED) is 0.597. The van der Waals surface area contributed by atoms with Gasteiger partial charge in [0.2, 0.25) is 0 Å². The Bertz CT molecular complexity index is 284. The van der Waals surface area contributed by atoms with Gasteiger partial charge in [0.1, 0.15) is 24.7 Å². The first-order valence-electron chi connectivity index (χ1n) is 4.18. The van der Waals surface area contributed by atoms with Crippen LogP contribution in [0.25, 0.3) is 0 Å². The molecule has 0 heterocycles. The van der Waals surface area contributed by atoms with E-state index in [0.717, 1.165) is 6.29 Å². The van der Waals surface area contributed by atoms with Crippen molar-refractivity contribution in [2.75, 3.05) is 12.5 Å². The summed E-state index contributed by atoms with van der Waals surface area (Å²) in [5.41, 5.74) is 0.593. The molecule has 0 radical (unpaired) electrons. The number of hydrogen-bond donors (Lipinski definition) is 1. The van der Waals surface area contributed by atoms with Gasteiger partial charge in [-0.1, -0.05) is 0 Å². The third-order valence-corrected chi connectivity index (χ3v) is 1.99. The number of aliphatic hydroxyl groups is 1. The second-order valence-corrected chi connectivity index (χ2v) is 3.11. The van der Waals surface area contributed by atoms with Gasteiger partial charge in [-0.3, -0.25) is 4.79 Å². The van der Waals surface area contributed by atoms with E-state index in [9.17, 15) is 4.79 Å². The molecule has 0 aliphatic rings. The molecule has 1 N–H and O–H groups in total. The molecule has 1 aromatic carbocycles. The SMILES string of the molecule is O=Cc1ccc(OC[C@@H](O)CCl)cc1. The number of carbonyl (C=O) groups is 1. The zero-order chi connectivity index (χ0) is 10.4. The summed E-state index contributed by atoms with van der Waals surface area (Å²) in [6.07, 6.45) is 0.0969. The predicted octanol–water partition coefficient (Wildman–Crippen LogP) is 1.48. The molecule has 0 fully saturated rings. The number of aldehydes is 1. The van der Waals surface area contributed by atoms with Crippen LogP contribution >= 0.6 is 11.6 Å². The molecule has 0 spiro atoms. The van der Waals surface area contributed by atoms with Gasteiger partial charge in [0.25, 0.3) is 0 Å². The number of hydrogen-bond acceptors (Lipinski definition) is 3. The third-order valence-electron chi connectivity index (χ3n) is 1.64. The summed E-state index contributed by atoms with van der Waals surface area (Å²) in [6.45, 7) is 0.157. The highest BCUT2D eigenvalue weighted by atomic mass is 35.5. The molecule has 4 heteroatoms. The van der Waals surface area contributed by atoms with Crippen LogP contribution in [-0.4, -0.2) is 30.0 Å². The van der Waals surface area contributed by atoms with E-state index in [1.54, 1.807) is 24.3 Å². The first-order valence-corrected chi connectivity index (χ1v) is 4.72. The van der Waals surface area contributed by atoms with Crippen LogP contribution < -0.4 is 4.74 Å². The van der Waals surface area contributed by atoms with E-state index in [1.807, 2.05) is 0 Å². The monoisotopic (exact) mass is 214 g/mol. The highest BCUT2D eigenvalue weighted by Crippen LogP contribution is 2.11. The summed E-state index contributed by atoms with van der Waals surface area (Å²) < 4.78 is 5.21. The topological polar surface area (TPSA) is 46.5 Å². The van der Waals surface area contributed by atoms with Crippen molar-refractivity contribution >= 4 is 17.9 Å². The summed E-state index contributed by atoms with van der Waals surface area (Å²) in [5.74, 6) is 0.756. The van der Waals surface area contributed by atoms with Crippen LogP contribution in [0.4, 0.5) is 0 Å². The molecule has 76 valence electrons. The van der Waals surface area contributed by atoms with Gasteiger partial charge >= 0.3 is 0 Å². The Balaban J connectivity index is 2.47. The lowest BCUT2D eigenvalue weighted by molar-refractivity contribution is 0.112. The van der Waals surface area contributed by atoms with Gasteiger partial charge in [0.15, 0.2) is 0 Å². The Kier molecular flexibility index (Phi) is 4.43. The number of rotatable bonds is 5. The second-order valence-electron chi connectivity index (χ2n) is 2.81. The van der Waals surface area contributed by atoms with Crippen molar-refractivity contribution in [3.8, 4) is 5.75 Å². The largest absolute Gasteiger partial charge is 0.491 e. The summed E-state index contributed by atoms with van der Waals surface area (Å²) in [6, 6.07) is 6.64. The van der Waals surface area contributed by atoms with Gasteiger partial charge < -0.3 is 9.84 Å². The number of carbonyl (C=O) groups excluding carboxylic acids is 1. The maximum absolute atomic E-state index is 10.3. The fraction of sp³-hybridized carbons (Fsp3) is 0.300. The van der Waals surface area contributed by atoms with Crippen molar-refractivity contribution in [2.24, 2.45) is 0 Å². The summed E-state index contributed by atoms with van der Waals surface area (Å²) in [5, 5.41) is 9.11. The Labute approximate surface area is 87.3 Å². The fourth-order valence-corrected chi connectivity index (χ4v) is 0.969. The van der Waals surface area contributed by atoms with E-state index in [1.165, 1.54) is 0 Å². The molecule has 14 heavy (non-hydrogen) atoms. The van der Waals surface area contributed by atoms with Gasteiger partial charge in [-0.25, -0.2) is 0 Å². The zero-order valence-electron chi connectivity index (χ0n) is 7.52. The summed E-state index contributed by atoms with van der Waals surface area (Å²) in [7, 11) is 0. The van der Waals surface area contributed by atoms with Crippen LogP contribution in [0.15, 0.2) is 24.3 Å². The third kappa shape index (κ3) is 3.36. The van der Waals surface area contributed by atoms with Crippen LogP contribution in [0.3, 0.4) is 0 Å². The molecule has 1 aromatic rings. The molecule has 0 amide bonds. The highest BCUT2D eigenvalue weighted by molar-refractivity contribution is 6.18. The number of benzene rings is 1. The molecular formula is C10H11ClO3. The van der Waals surface area contributed by atoms with E-state index in [2.05, 4.69) is 0 Å². The minimum Gasteiger partial charge on any atom is -0.491 e. The van der Waals surface area contributed by atoms with Gasteiger partial charge in [-0.15, -0.1) is 11.6 Å². The normalized spacial score (nSPS) is 12.1. The predicted molar refractivity (Wildman–Crippen MR) is 54.1 cm³/mol. The Morgan fingerprint density at radius 3 is 2.57 bits per heavy atom. The molecule has 1 rings (SSSR count). The molecule has 3 nitrogen and oxygen atoms in total. The van der Waals surface area contributed by atoms with Crippen molar-refractivity contribution < 1.29 is 14.6 Å². The molecule has 0 unspecified atom stereocenters. The maximum atomic E-state index is 10.3. The Hall–Kier alpha value is -1.06. The van der Waals surface area contributed by atoms with Gasteiger partial charge in [0.05, 0.1) is 5.88 Å². The summed E-state index contributed by atoms with van der Waals surface area (Å²) >= 11 is 5.39. The number of ether oxygens (including phenoxy) is 1. The average molecular weight is 215 g/mol. The number of halogens is 1. The number of aliphatic hydroxyl groups excluding tert-OH is 1. The van der Waals surface area contributed by atoms with Crippen molar-refractivity contribution in [1.29, 1.82) is 0 Å². The van der Waals surface area contributed by atoms with E-state index < -0.39 is 6.10 Å². The molecule has 0 saturated carbocycles. The first kappa shape index (κ1) is 11.0. The van der Waals surface area contributed by atoms with Gasteiger partial charge in [0, 0.05) is 5.56 Å². The van der Waals surface area contributed by atoms with Gasteiger partial charge in [-0.2, -0.15) is 0 Å². The van der Waals surface area contributed by atoms with E-state index in [0.29, 0.717) is 11.3 Å². The molecule has 0 aromatic heterocycles. The lowest BCUT2D eigenvalue weighted by Gasteiger charge is -2.09. The van der Waals surface area contributed by atoms with Crippen molar-refractivity contribution in [3.05, 3.63) is 29.8 Å². The van der Waals surface area contributed by atoms with Crippen LogP contribution in [0.5, 0.6) is 5.75 Å². The smallest absolute Gasteiger partial charge is 0.150 e. The van der Waals surface area contributed by atoms with Crippen LogP contribution in [0, 0.1) is 0 Å². The van der Waals surface area contributed by atoms with E-state index >= 15 is 0 Å². The molecular weight excluding hydrogens is 204 g/mol. The van der Waals surface area contributed by atoms with Crippen molar-refractivity contribution in [1.82, 2.24) is 0 Å². The molecule has 0 aliphatic carbocycles. The standard InChI is InChI=1S/C10H11ClO3/c11-5-9(13)7-14-10-3-1-8(6-12)2-4-10/h1-4,6,9,13H,5,7H2/t9-/m0/s1. The Morgan fingerprint density at radius 2 is 2.07 bits per heavy atom. The van der Waals surface area contributed by atoms with E-state index in [4.69, 9.17) is 21.4 Å². The Morgan fingerprint density at radius 1 is 1.43 bits per heavy atom. The molecule has 0 aliphatic heterocycles. The molecule has 0 saturated heterocycles. The van der Waals surface area contributed by atoms with E-state index in [-0.39, 0.29) is 12.5 Å². The second kappa shape index (κ2) is 5.62. The van der Waals surface area contributed by atoms with Crippen molar-refractivity contribution in [2.45, 2.75) is 6.10 Å². The maximum Gasteiger partial charge on any atom is 0.150 e. The minimum absolute atomic E-state index is 0.145. The van der Waals surface area contributed by atoms with Crippen molar-refractivity contribution in [3.63, 3.8) is 0 Å². The lowest BCUT2D eigenvalue weighted by Crippen LogP contribution is -2.18. The van der Waals surface area contributed by atoms with Crippen LogP contribution in [0.2, 0.25) is 0 Å². The summed E-state index contributed by atoms with van der Waals surface area (Å²) in [4.78, 5) is 10.3. The first-order chi connectivity index (χ1) is 6.76. The number of alkyl halides is 1. The fourth-order valence-electron chi connectivity index (χ4n) is 0.880. The van der Waals surface area contributed by atoms with Crippen LogP contribution in [0.1, 0.15) is 10.4 Å². The highest BCUT2D eigenvalue weighted by Gasteiger charge is 2.02. The van der Waals surface area contributed by atoms with Crippen LogP contribution in [-0.2, 0) is 0 Å².